The van der Waals surface area contributed by atoms with Gasteiger partial charge in [0.25, 0.3) is 0 Å². The molecule has 2 nitrogen and oxygen atoms in total. The lowest BCUT2D eigenvalue weighted by atomic mass is 10.2. The number of rotatable bonds is 2. The molecule has 1 aromatic carbocycles. The largest absolute Gasteiger partial charge is 0.344 e. The maximum Gasteiger partial charge on any atom is 0.0991 e. The highest BCUT2D eigenvalue weighted by Crippen LogP contribution is 2.17. The third-order valence-electron chi connectivity index (χ3n) is 2.60. The summed E-state index contributed by atoms with van der Waals surface area (Å²) >= 11 is 0. The van der Waals surface area contributed by atoms with E-state index in [0.717, 1.165) is 11.9 Å². The van der Waals surface area contributed by atoms with Gasteiger partial charge in [-0.2, -0.15) is 5.26 Å². The van der Waals surface area contributed by atoms with E-state index in [2.05, 4.69) is 42.8 Å². The van der Waals surface area contributed by atoms with Gasteiger partial charge in [0, 0.05) is 23.6 Å². The Morgan fingerprint density at radius 3 is 2.88 bits per heavy atom. The van der Waals surface area contributed by atoms with E-state index in [1.54, 1.807) is 0 Å². The highest BCUT2D eigenvalue weighted by molar-refractivity contribution is 5.81. The first-order valence-corrected chi connectivity index (χ1v) is 5.33. The summed E-state index contributed by atoms with van der Waals surface area (Å²) < 4.78 is 2.18. The van der Waals surface area contributed by atoms with Crippen LogP contribution in [0.15, 0.2) is 42.1 Å². The SMILES string of the molecule is CC(C)=CCn1ccc2cc(C#N)ccc21. The zero-order valence-electron chi connectivity index (χ0n) is 9.57. The van der Waals surface area contributed by atoms with Gasteiger partial charge in [-0.15, -0.1) is 0 Å². The Bertz CT molecular complexity index is 578. The van der Waals surface area contributed by atoms with Crippen molar-refractivity contribution in [2.45, 2.75) is 20.4 Å². The van der Waals surface area contributed by atoms with Crippen molar-refractivity contribution in [3.63, 3.8) is 0 Å². The summed E-state index contributed by atoms with van der Waals surface area (Å²) in [6, 6.07) is 10.0. The second-order valence-electron chi connectivity index (χ2n) is 4.13. The summed E-state index contributed by atoms with van der Waals surface area (Å²) in [5.74, 6) is 0. The molecule has 0 saturated heterocycles. The summed E-state index contributed by atoms with van der Waals surface area (Å²) in [4.78, 5) is 0. The van der Waals surface area contributed by atoms with E-state index < -0.39 is 0 Å². The normalized spacial score (nSPS) is 10.1. The van der Waals surface area contributed by atoms with Gasteiger partial charge in [-0.25, -0.2) is 0 Å². The van der Waals surface area contributed by atoms with E-state index in [-0.39, 0.29) is 0 Å². The van der Waals surface area contributed by atoms with Crippen molar-refractivity contribution >= 4 is 10.9 Å². The van der Waals surface area contributed by atoms with Gasteiger partial charge in [0.2, 0.25) is 0 Å². The van der Waals surface area contributed by atoms with Crippen LogP contribution in [0, 0.1) is 11.3 Å². The van der Waals surface area contributed by atoms with E-state index in [4.69, 9.17) is 5.26 Å². The molecule has 0 fully saturated rings. The van der Waals surface area contributed by atoms with Crippen molar-refractivity contribution < 1.29 is 0 Å². The van der Waals surface area contributed by atoms with Crippen LogP contribution in [0.25, 0.3) is 10.9 Å². The predicted molar refractivity (Wildman–Crippen MR) is 66.1 cm³/mol. The van der Waals surface area contributed by atoms with Crippen molar-refractivity contribution in [3.8, 4) is 6.07 Å². The fraction of sp³-hybridized carbons (Fsp3) is 0.214. The smallest absolute Gasteiger partial charge is 0.0991 e. The van der Waals surface area contributed by atoms with E-state index in [0.29, 0.717) is 5.56 Å². The third-order valence-corrected chi connectivity index (χ3v) is 2.60. The van der Waals surface area contributed by atoms with Crippen LogP contribution in [0.3, 0.4) is 0 Å². The summed E-state index contributed by atoms with van der Waals surface area (Å²) in [5, 5.41) is 9.94. The molecule has 0 unspecified atom stereocenters. The Hall–Kier alpha value is -2.01. The number of hydrogen-bond acceptors (Lipinski definition) is 1. The van der Waals surface area contributed by atoms with Gasteiger partial charge in [0.15, 0.2) is 0 Å². The summed E-state index contributed by atoms with van der Waals surface area (Å²) in [7, 11) is 0. The van der Waals surface area contributed by atoms with E-state index >= 15 is 0 Å². The third kappa shape index (κ3) is 1.99. The number of benzene rings is 1. The van der Waals surface area contributed by atoms with Gasteiger partial charge in [-0.1, -0.05) is 11.6 Å². The molecule has 80 valence electrons. The standard InChI is InChI=1S/C14H14N2/c1-11(2)5-7-16-8-6-13-9-12(10-15)3-4-14(13)16/h3-6,8-9H,7H2,1-2H3. The van der Waals surface area contributed by atoms with Crippen molar-refractivity contribution in [2.75, 3.05) is 0 Å². The Morgan fingerprint density at radius 1 is 1.38 bits per heavy atom. The maximum absolute atomic E-state index is 8.81. The lowest BCUT2D eigenvalue weighted by Crippen LogP contribution is -1.92. The quantitative estimate of drug-likeness (QED) is 0.697. The molecule has 0 saturated carbocycles. The van der Waals surface area contributed by atoms with Crippen LogP contribution in [0.4, 0.5) is 0 Å². The van der Waals surface area contributed by atoms with Crippen molar-refractivity contribution in [1.82, 2.24) is 4.57 Å². The molecule has 0 aliphatic rings. The summed E-state index contributed by atoms with van der Waals surface area (Å²) in [6.07, 6.45) is 4.25. The minimum Gasteiger partial charge on any atom is -0.344 e. The topological polar surface area (TPSA) is 28.7 Å². The van der Waals surface area contributed by atoms with Gasteiger partial charge >= 0.3 is 0 Å². The van der Waals surface area contributed by atoms with E-state index in [1.807, 2.05) is 18.2 Å². The number of fused-ring (bicyclic) bond motifs is 1. The fourth-order valence-electron chi connectivity index (χ4n) is 1.71. The van der Waals surface area contributed by atoms with Crippen LogP contribution in [0.2, 0.25) is 0 Å². The minimum absolute atomic E-state index is 0.715. The monoisotopic (exact) mass is 210 g/mol. The van der Waals surface area contributed by atoms with Crippen LogP contribution in [-0.2, 0) is 6.54 Å². The van der Waals surface area contributed by atoms with Crippen molar-refractivity contribution in [1.29, 1.82) is 5.26 Å². The Labute approximate surface area is 95.4 Å². The zero-order valence-corrected chi connectivity index (χ0v) is 9.57. The molecule has 0 atom stereocenters. The molecule has 0 aliphatic heterocycles. The Kier molecular flexibility index (Phi) is 2.78. The highest BCUT2D eigenvalue weighted by atomic mass is 14.9. The average Bonchev–Trinajstić information content (AvgIpc) is 2.68. The fourth-order valence-corrected chi connectivity index (χ4v) is 1.71. The highest BCUT2D eigenvalue weighted by Gasteiger charge is 2.00. The molecular weight excluding hydrogens is 196 g/mol. The second kappa shape index (κ2) is 4.24. The summed E-state index contributed by atoms with van der Waals surface area (Å²) in [6.45, 7) is 5.08. The Morgan fingerprint density at radius 2 is 2.19 bits per heavy atom. The molecule has 0 radical (unpaired) electrons. The maximum atomic E-state index is 8.81. The lowest BCUT2D eigenvalue weighted by molar-refractivity contribution is 0.856. The van der Waals surface area contributed by atoms with Gasteiger partial charge in [-0.05, 0) is 38.1 Å². The lowest BCUT2D eigenvalue weighted by Gasteiger charge is -2.01. The van der Waals surface area contributed by atoms with Gasteiger partial charge in [0.05, 0.1) is 11.6 Å². The molecule has 16 heavy (non-hydrogen) atoms. The molecule has 1 heterocycles. The molecule has 0 N–H and O–H groups in total. The molecule has 0 bridgehead atoms. The average molecular weight is 210 g/mol. The van der Waals surface area contributed by atoms with Gasteiger partial charge < -0.3 is 4.57 Å². The molecule has 0 spiro atoms. The van der Waals surface area contributed by atoms with Crippen molar-refractivity contribution in [3.05, 3.63) is 47.7 Å². The van der Waals surface area contributed by atoms with Crippen LogP contribution in [-0.4, -0.2) is 4.57 Å². The Balaban J connectivity index is 2.43. The van der Waals surface area contributed by atoms with Gasteiger partial charge in [-0.3, -0.25) is 0 Å². The van der Waals surface area contributed by atoms with Crippen molar-refractivity contribution in [2.24, 2.45) is 0 Å². The first-order valence-electron chi connectivity index (χ1n) is 5.33. The second-order valence-corrected chi connectivity index (χ2v) is 4.13. The summed E-state index contributed by atoms with van der Waals surface area (Å²) in [5.41, 5.74) is 3.21. The van der Waals surface area contributed by atoms with E-state index in [9.17, 15) is 0 Å². The molecule has 0 aliphatic carbocycles. The van der Waals surface area contributed by atoms with Crippen LogP contribution < -0.4 is 0 Å². The molecule has 2 rings (SSSR count). The molecule has 0 amide bonds. The molecular formula is C14H14N2. The molecule has 1 aromatic heterocycles. The number of hydrogen-bond donors (Lipinski definition) is 0. The predicted octanol–water partition coefficient (Wildman–Crippen LogP) is 3.48. The number of allylic oxidation sites excluding steroid dienone is 2. The van der Waals surface area contributed by atoms with Crippen LogP contribution >= 0.6 is 0 Å². The minimum atomic E-state index is 0.715. The van der Waals surface area contributed by atoms with E-state index in [1.165, 1.54) is 11.1 Å². The zero-order chi connectivity index (χ0) is 11.5. The van der Waals surface area contributed by atoms with Crippen LogP contribution in [0.1, 0.15) is 19.4 Å². The molecule has 2 heteroatoms. The number of nitrogens with zero attached hydrogens (tertiary/aromatic N) is 2. The first-order chi connectivity index (χ1) is 7.70. The van der Waals surface area contributed by atoms with Gasteiger partial charge in [0.1, 0.15) is 0 Å². The number of aromatic nitrogens is 1. The molecule has 2 aromatic rings. The number of nitriles is 1. The van der Waals surface area contributed by atoms with Crippen LogP contribution in [0.5, 0.6) is 0 Å². The first kappa shape index (κ1) is 10.5.